The maximum absolute atomic E-state index is 12.9. The van der Waals surface area contributed by atoms with Gasteiger partial charge in [-0.15, -0.1) is 11.8 Å². The molecule has 0 atom stereocenters. The van der Waals surface area contributed by atoms with Crippen LogP contribution in [0.25, 0.3) is 0 Å². The lowest BCUT2D eigenvalue weighted by Gasteiger charge is -2.32. The maximum Gasteiger partial charge on any atom is 0.391 e. The van der Waals surface area contributed by atoms with Crippen molar-refractivity contribution in [3.63, 3.8) is 0 Å². The molecule has 4 nitrogen and oxygen atoms in total. The molecule has 0 radical (unpaired) electrons. The van der Waals surface area contributed by atoms with Gasteiger partial charge in [0.2, 0.25) is 0 Å². The highest BCUT2D eigenvalue weighted by atomic mass is 32.2. The minimum Gasteiger partial charge on any atom is -0.348 e. The minimum absolute atomic E-state index is 0.152. The lowest BCUT2D eigenvalue weighted by atomic mass is 9.81. The lowest BCUT2D eigenvalue weighted by molar-refractivity contribution is -0.184. The average Bonchev–Trinajstić information content (AvgIpc) is 3.25. The monoisotopic (exact) mass is 521 g/mol. The Labute approximate surface area is 217 Å². The molecule has 4 rings (SSSR count). The van der Waals surface area contributed by atoms with Crippen molar-refractivity contribution in [1.82, 2.24) is 15.2 Å². The second-order valence-electron chi connectivity index (χ2n) is 9.73. The molecule has 1 N–H and O–H groups in total. The van der Waals surface area contributed by atoms with Gasteiger partial charge in [-0.2, -0.15) is 13.2 Å². The van der Waals surface area contributed by atoms with E-state index in [1.165, 1.54) is 11.3 Å². The Balaban J connectivity index is 0.00000115. The third-order valence-electron chi connectivity index (χ3n) is 6.60. The molecule has 8 heteroatoms. The standard InChI is InChI=1S/C25H30F3N3OS.C3H8/c1-2-33-22-9-5-17(6-10-22)12-30-24(32)19-11-20-15-31(16-23(20)29-13-19)14-18-3-7-21(8-4-18)25(26,27)28;1-3-2/h5-6,9-11,13,18,21H,2-4,7-8,12,14-16H2,1H3,(H,30,32);3H2,1-2H3. The number of benzene rings is 1. The summed E-state index contributed by atoms with van der Waals surface area (Å²) in [5.74, 6) is 0.0299. The second kappa shape index (κ2) is 13.5. The van der Waals surface area contributed by atoms with Crippen molar-refractivity contribution in [3.8, 4) is 0 Å². The van der Waals surface area contributed by atoms with E-state index in [2.05, 4.69) is 48.1 Å². The first-order valence-electron chi connectivity index (χ1n) is 13.0. The third-order valence-corrected chi connectivity index (χ3v) is 7.50. The number of carbonyl (C=O) groups is 1. The van der Waals surface area contributed by atoms with Crippen LogP contribution < -0.4 is 5.32 Å². The number of carbonyl (C=O) groups excluding carboxylic acids is 1. The largest absolute Gasteiger partial charge is 0.391 e. The number of hydrogen-bond acceptors (Lipinski definition) is 4. The molecule has 1 aliphatic carbocycles. The van der Waals surface area contributed by atoms with Crippen molar-refractivity contribution >= 4 is 17.7 Å². The first-order valence-corrected chi connectivity index (χ1v) is 14.0. The average molecular weight is 522 g/mol. The number of hydrogen-bond donors (Lipinski definition) is 1. The number of thioether (sulfide) groups is 1. The molecule has 0 bridgehead atoms. The summed E-state index contributed by atoms with van der Waals surface area (Å²) in [7, 11) is 0. The molecule has 2 heterocycles. The van der Waals surface area contributed by atoms with Gasteiger partial charge in [-0.05, 0) is 66.7 Å². The third kappa shape index (κ3) is 8.23. The van der Waals surface area contributed by atoms with Crippen LogP contribution in [0.3, 0.4) is 0 Å². The molecular weight excluding hydrogens is 483 g/mol. The van der Waals surface area contributed by atoms with Crippen LogP contribution in [0, 0.1) is 11.8 Å². The Bertz CT molecular complexity index is 973. The molecule has 2 aromatic rings. The fourth-order valence-corrected chi connectivity index (χ4v) is 5.43. The molecule has 1 aliphatic heterocycles. The van der Waals surface area contributed by atoms with Gasteiger partial charge in [-0.25, -0.2) is 0 Å². The van der Waals surface area contributed by atoms with Crippen molar-refractivity contribution in [2.45, 2.75) is 83.6 Å². The van der Waals surface area contributed by atoms with E-state index in [1.807, 2.05) is 18.2 Å². The smallest absolute Gasteiger partial charge is 0.348 e. The molecule has 2 aliphatic rings. The van der Waals surface area contributed by atoms with E-state index < -0.39 is 12.1 Å². The van der Waals surface area contributed by atoms with Crippen molar-refractivity contribution in [2.24, 2.45) is 11.8 Å². The Morgan fingerprint density at radius 2 is 1.75 bits per heavy atom. The van der Waals surface area contributed by atoms with Crippen molar-refractivity contribution in [3.05, 3.63) is 58.9 Å². The van der Waals surface area contributed by atoms with E-state index in [0.717, 1.165) is 29.1 Å². The molecule has 36 heavy (non-hydrogen) atoms. The zero-order valence-corrected chi connectivity index (χ0v) is 22.4. The van der Waals surface area contributed by atoms with Gasteiger partial charge < -0.3 is 5.32 Å². The van der Waals surface area contributed by atoms with E-state index >= 15 is 0 Å². The van der Waals surface area contributed by atoms with Crippen molar-refractivity contribution < 1.29 is 18.0 Å². The number of pyridine rings is 1. The van der Waals surface area contributed by atoms with Gasteiger partial charge in [0.05, 0.1) is 17.2 Å². The lowest BCUT2D eigenvalue weighted by Crippen LogP contribution is -2.32. The van der Waals surface area contributed by atoms with Crippen LogP contribution in [0.1, 0.15) is 80.1 Å². The second-order valence-corrected chi connectivity index (χ2v) is 11.1. The van der Waals surface area contributed by atoms with Gasteiger partial charge >= 0.3 is 6.18 Å². The van der Waals surface area contributed by atoms with Crippen LogP contribution in [-0.4, -0.2) is 34.3 Å². The summed E-state index contributed by atoms with van der Waals surface area (Å²) < 4.78 is 38.7. The normalized spacial score (nSPS) is 19.8. The highest BCUT2D eigenvalue weighted by Gasteiger charge is 2.41. The Hall–Kier alpha value is -2.06. The zero-order chi connectivity index (χ0) is 26.1. The minimum atomic E-state index is -4.06. The summed E-state index contributed by atoms with van der Waals surface area (Å²) in [6.45, 7) is 9.00. The summed E-state index contributed by atoms with van der Waals surface area (Å²) >= 11 is 1.78. The van der Waals surface area contributed by atoms with Crippen LogP contribution in [0.2, 0.25) is 0 Å². The van der Waals surface area contributed by atoms with Gasteiger partial charge in [0, 0.05) is 37.3 Å². The number of alkyl halides is 3. The maximum atomic E-state index is 12.9. The van der Waals surface area contributed by atoms with Gasteiger partial charge in [-0.1, -0.05) is 39.3 Å². The van der Waals surface area contributed by atoms with Crippen LogP contribution in [0.15, 0.2) is 41.4 Å². The molecule has 0 spiro atoms. The molecule has 1 aromatic carbocycles. The van der Waals surface area contributed by atoms with E-state index in [4.69, 9.17) is 0 Å². The number of rotatable bonds is 7. The molecule has 0 unspecified atom stereocenters. The van der Waals surface area contributed by atoms with Gasteiger partial charge in [0.1, 0.15) is 0 Å². The van der Waals surface area contributed by atoms with Gasteiger partial charge in [0.25, 0.3) is 5.91 Å². The summed E-state index contributed by atoms with van der Waals surface area (Å²) in [5, 5.41) is 2.96. The summed E-state index contributed by atoms with van der Waals surface area (Å²) in [5.41, 5.74) is 3.58. The van der Waals surface area contributed by atoms with Gasteiger partial charge in [0.15, 0.2) is 0 Å². The van der Waals surface area contributed by atoms with Crippen LogP contribution in [0.4, 0.5) is 13.2 Å². The predicted octanol–water partition coefficient (Wildman–Crippen LogP) is 7.22. The summed E-state index contributed by atoms with van der Waals surface area (Å²) in [6.07, 6.45) is 0.516. The number of amides is 1. The SMILES string of the molecule is CCC.CCSc1ccc(CNC(=O)c2cnc3c(c2)CN(CC2CCC(C(F)(F)F)CC2)C3)cc1. The van der Waals surface area contributed by atoms with Crippen molar-refractivity contribution in [2.75, 3.05) is 12.3 Å². The van der Waals surface area contributed by atoms with E-state index in [9.17, 15) is 18.0 Å². The van der Waals surface area contributed by atoms with E-state index in [1.54, 1.807) is 18.0 Å². The summed E-state index contributed by atoms with van der Waals surface area (Å²) in [4.78, 5) is 20.6. The summed E-state index contributed by atoms with van der Waals surface area (Å²) in [6, 6.07) is 10.1. The van der Waals surface area contributed by atoms with E-state index in [0.29, 0.717) is 44.0 Å². The zero-order valence-electron chi connectivity index (χ0n) is 21.5. The first kappa shape index (κ1) is 28.5. The highest BCUT2D eigenvalue weighted by Crippen LogP contribution is 2.40. The topological polar surface area (TPSA) is 45.2 Å². The molecule has 0 saturated heterocycles. The van der Waals surface area contributed by atoms with Gasteiger partial charge in [-0.3, -0.25) is 14.7 Å². The number of halogens is 3. The highest BCUT2D eigenvalue weighted by molar-refractivity contribution is 7.99. The Morgan fingerprint density at radius 3 is 2.36 bits per heavy atom. The molecule has 1 saturated carbocycles. The van der Waals surface area contributed by atoms with Crippen molar-refractivity contribution in [1.29, 1.82) is 0 Å². The number of nitrogens with zero attached hydrogens (tertiary/aromatic N) is 2. The van der Waals surface area contributed by atoms with Crippen LogP contribution in [0.5, 0.6) is 0 Å². The Morgan fingerprint density at radius 1 is 1.08 bits per heavy atom. The van der Waals surface area contributed by atoms with Crippen LogP contribution >= 0.6 is 11.8 Å². The fraction of sp³-hybridized carbons (Fsp3) is 0.571. The molecule has 1 aromatic heterocycles. The predicted molar refractivity (Wildman–Crippen MR) is 140 cm³/mol. The number of nitrogens with one attached hydrogen (secondary N) is 1. The Kier molecular flexibility index (Phi) is 10.7. The fourth-order valence-electron chi connectivity index (χ4n) is 4.77. The van der Waals surface area contributed by atoms with Crippen LogP contribution in [-0.2, 0) is 19.6 Å². The molecule has 1 fully saturated rings. The molecule has 198 valence electrons. The quantitative estimate of drug-likeness (QED) is 0.391. The number of aromatic nitrogens is 1. The molecule has 1 amide bonds. The molecular formula is C28H38F3N3OS. The van der Waals surface area contributed by atoms with E-state index in [-0.39, 0.29) is 18.7 Å². The number of fused-ring (bicyclic) bond motifs is 1. The first-order chi connectivity index (χ1) is 17.2.